The highest BCUT2D eigenvalue weighted by Crippen LogP contribution is 2.28. The number of rotatable bonds is 10. The van der Waals surface area contributed by atoms with Gasteiger partial charge < -0.3 is 15.4 Å². The van der Waals surface area contributed by atoms with Crippen molar-refractivity contribution in [1.29, 1.82) is 0 Å². The molecule has 0 spiro atoms. The molecule has 3 N–H and O–H groups in total. The van der Waals surface area contributed by atoms with Crippen molar-refractivity contribution in [3.63, 3.8) is 0 Å². The molecular weight excluding hydrogens is 593 g/mol. The predicted molar refractivity (Wildman–Crippen MR) is 169 cm³/mol. The summed E-state index contributed by atoms with van der Waals surface area (Å²) in [5, 5.41) is 13.9. The Hall–Kier alpha value is -4.70. The number of nitrogens with zero attached hydrogens (tertiary/aromatic N) is 2. The third-order valence-electron chi connectivity index (χ3n) is 5.80. The molecule has 4 aromatic carbocycles. The van der Waals surface area contributed by atoms with Gasteiger partial charge in [-0.2, -0.15) is 5.10 Å². The van der Waals surface area contributed by atoms with Gasteiger partial charge in [0, 0.05) is 43.5 Å². The minimum Gasteiger partial charge on any atom is -0.483 e. The molecular formula is C31H23Cl2N5O3S. The Balaban J connectivity index is 1.17. The van der Waals surface area contributed by atoms with Gasteiger partial charge >= 0.3 is 0 Å². The van der Waals surface area contributed by atoms with Gasteiger partial charge in [-0.15, -0.1) is 11.3 Å². The summed E-state index contributed by atoms with van der Waals surface area (Å²) in [4.78, 5) is 29.6. The van der Waals surface area contributed by atoms with E-state index in [0.717, 1.165) is 22.1 Å². The van der Waals surface area contributed by atoms with Crippen molar-refractivity contribution < 1.29 is 14.3 Å². The van der Waals surface area contributed by atoms with E-state index >= 15 is 0 Å². The first-order valence-electron chi connectivity index (χ1n) is 12.6. The van der Waals surface area contributed by atoms with Crippen molar-refractivity contribution in [3.05, 3.63) is 124 Å². The number of hydrogen-bond donors (Lipinski definition) is 3. The third kappa shape index (κ3) is 7.94. The van der Waals surface area contributed by atoms with E-state index in [0.29, 0.717) is 32.6 Å². The number of halogens is 2. The Kier molecular flexibility index (Phi) is 9.45. The van der Waals surface area contributed by atoms with Crippen molar-refractivity contribution in [3.8, 4) is 17.0 Å². The summed E-state index contributed by atoms with van der Waals surface area (Å²) in [5.41, 5.74) is 6.63. The monoisotopic (exact) mass is 615 g/mol. The van der Waals surface area contributed by atoms with Crippen molar-refractivity contribution in [1.82, 2.24) is 10.4 Å². The number of thiazole rings is 1. The van der Waals surface area contributed by atoms with E-state index in [1.165, 1.54) is 17.6 Å². The molecule has 0 saturated carbocycles. The second-order valence-corrected chi connectivity index (χ2v) is 10.6. The molecule has 5 rings (SSSR count). The maximum atomic E-state index is 12.7. The van der Waals surface area contributed by atoms with Crippen LogP contribution in [-0.4, -0.2) is 29.6 Å². The summed E-state index contributed by atoms with van der Waals surface area (Å²) in [5.74, 6) is -0.325. The molecule has 0 aliphatic heterocycles. The molecule has 0 bridgehead atoms. The van der Waals surface area contributed by atoms with Crippen molar-refractivity contribution >= 4 is 69.1 Å². The van der Waals surface area contributed by atoms with Gasteiger partial charge in [0.05, 0.1) is 11.9 Å². The summed E-state index contributed by atoms with van der Waals surface area (Å²) >= 11 is 13.6. The lowest BCUT2D eigenvalue weighted by Crippen LogP contribution is -2.20. The van der Waals surface area contributed by atoms with Crippen molar-refractivity contribution in [2.24, 2.45) is 5.10 Å². The highest BCUT2D eigenvalue weighted by Gasteiger charge is 2.10. The molecule has 0 atom stereocenters. The molecule has 0 radical (unpaired) electrons. The van der Waals surface area contributed by atoms with E-state index in [-0.39, 0.29) is 12.5 Å². The zero-order chi connectivity index (χ0) is 29.3. The Morgan fingerprint density at radius 2 is 1.62 bits per heavy atom. The number of anilines is 3. The van der Waals surface area contributed by atoms with Gasteiger partial charge in [0.25, 0.3) is 11.8 Å². The number of aromatic nitrogens is 1. The molecule has 0 saturated heterocycles. The zero-order valence-corrected chi connectivity index (χ0v) is 24.2. The van der Waals surface area contributed by atoms with Crippen LogP contribution in [0.4, 0.5) is 16.5 Å². The van der Waals surface area contributed by atoms with E-state index in [2.05, 4.69) is 26.1 Å². The first-order chi connectivity index (χ1) is 20.4. The largest absolute Gasteiger partial charge is 0.483 e. The van der Waals surface area contributed by atoms with Gasteiger partial charge in [-0.1, -0.05) is 53.5 Å². The van der Waals surface area contributed by atoms with Crippen LogP contribution in [0.3, 0.4) is 0 Å². The van der Waals surface area contributed by atoms with Crippen molar-refractivity contribution in [2.45, 2.75) is 0 Å². The second-order valence-electron chi connectivity index (χ2n) is 8.83. The normalized spacial score (nSPS) is 10.8. The molecule has 1 aromatic heterocycles. The fraction of sp³-hybridized carbons (Fsp3) is 0.0323. The average molecular weight is 617 g/mol. The van der Waals surface area contributed by atoms with Gasteiger partial charge in [-0.25, -0.2) is 10.4 Å². The number of para-hydroxylation sites is 1. The minimum absolute atomic E-state index is 0.215. The number of carbonyl (C=O) groups is 2. The molecule has 11 heteroatoms. The summed E-state index contributed by atoms with van der Waals surface area (Å²) in [7, 11) is 0. The van der Waals surface area contributed by atoms with E-state index in [1.807, 2.05) is 60.0 Å². The minimum atomic E-state index is -0.395. The molecule has 210 valence electrons. The first-order valence-corrected chi connectivity index (χ1v) is 14.3. The van der Waals surface area contributed by atoms with Crippen LogP contribution in [0.5, 0.6) is 5.75 Å². The summed E-state index contributed by atoms with van der Waals surface area (Å²) in [6.07, 6.45) is 1.41. The van der Waals surface area contributed by atoms with Gasteiger partial charge in [0.15, 0.2) is 11.7 Å². The van der Waals surface area contributed by atoms with Gasteiger partial charge in [0.2, 0.25) is 0 Å². The van der Waals surface area contributed by atoms with E-state index < -0.39 is 5.91 Å². The summed E-state index contributed by atoms with van der Waals surface area (Å²) in [6, 6.07) is 28.4. The molecule has 0 fully saturated rings. The van der Waals surface area contributed by atoms with Crippen LogP contribution >= 0.6 is 34.5 Å². The van der Waals surface area contributed by atoms with Crippen LogP contribution in [0.25, 0.3) is 11.3 Å². The highest BCUT2D eigenvalue weighted by molar-refractivity contribution is 7.14. The van der Waals surface area contributed by atoms with Crippen LogP contribution < -0.4 is 20.8 Å². The third-order valence-corrected chi connectivity index (χ3v) is 7.05. The lowest BCUT2D eigenvalue weighted by molar-refractivity contribution is -0.118. The first kappa shape index (κ1) is 28.8. The number of carbonyl (C=O) groups excluding carboxylic acids is 2. The van der Waals surface area contributed by atoms with Crippen LogP contribution in [-0.2, 0) is 4.79 Å². The van der Waals surface area contributed by atoms with E-state index in [9.17, 15) is 9.59 Å². The predicted octanol–water partition coefficient (Wildman–Crippen LogP) is 7.64. The number of ether oxygens (including phenoxy) is 1. The molecule has 2 amide bonds. The fourth-order valence-electron chi connectivity index (χ4n) is 3.75. The SMILES string of the molecule is O=C(COc1ccc(Cl)cc1/C=N\NC(=O)c1ccc(-c2csc(Nc3ccc(Cl)cc3)n2)cc1)Nc1ccccc1. The Labute approximate surface area is 256 Å². The number of benzene rings is 4. The van der Waals surface area contributed by atoms with Crippen molar-refractivity contribution in [2.75, 3.05) is 17.2 Å². The lowest BCUT2D eigenvalue weighted by Gasteiger charge is -2.10. The molecule has 0 unspecified atom stereocenters. The maximum absolute atomic E-state index is 12.7. The number of hydrazone groups is 1. The van der Waals surface area contributed by atoms with Crippen LogP contribution in [0.15, 0.2) is 108 Å². The second kappa shape index (κ2) is 13.8. The molecule has 1 heterocycles. The molecule has 0 aliphatic rings. The standard InChI is InChI=1S/C31H23Cl2N5O3S/c32-23-10-13-26(14-11-23)36-31-37-27(19-42-31)20-6-8-21(9-7-20)30(40)38-34-17-22-16-24(33)12-15-28(22)41-18-29(39)35-25-4-2-1-3-5-25/h1-17,19H,18H2,(H,35,39)(H,36,37)(H,38,40)/b34-17-. The Morgan fingerprint density at radius 1 is 0.881 bits per heavy atom. The van der Waals surface area contributed by atoms with Gasteiger partial charge in [-0.3, -0.25) is 9.59 Å². The molecule has 42 heavy (non-hydrogen) atoms. The molecule has 5 aromatic rings. The van der Waals surface area contributed by atoms with Crippen LogP contribution in [0.1, 0.15) is 15.9 Å². The summed E-state index contributed by atoms with van der Waals surface area (Å²) < 4.78 is 5.67. The van der Waals surface area contributed by atoms with E-state index in [1.54, 1.807) is 42.5 Å². The average Bonchev–Trinajstić information content (AvgIpc) is 3.47. The smallest absolute Gasteiger partial charge is 0.271 e. The maximum Gasteiger partial charge on any atom is 0.271 e. The highest BCUT2D eigenvalue weighted by atomic mass is 35.5. The van der Waals surface area contributed by atoms with Gasteiger partial charge in [-0.05, 0) is 66.7 Å². The molecule has 8 nitrogen and oxygen atoms in total. The zero-order valence-electron chi connectivity index (χ0n) is 21.9. The topological polar surface area (TPSA) is 105 Å². The Morgan fingerprint density at radius 3 is 2.38 bits per heavy atom. The number of amides is 2. The number of nitrogens with one attached hydrogen (secondary N) is 3. The lowest BCUT2D eigenvalue weighted by atomic mass is 10.1. The van der Waals surface area contributed by atoms with Crippen LogP contribution in [0.2, 0.25) is 10.0 Å². The quantitative estimate of drug-likeness (QED) is 0.111. The fourth-order valence-corrected chi connectivity index (χ4v) is 4.80. The Bertz CT molecular complexity index is 1710. The van der Waals surface area contributed by atoms with Crippen LogP contribution in [0, 0.1) is 0 Å². The van der Waals surface area contributed by atoms with E-state index in [4.69, 9.17) is 27.9 Å². The van der Waals surface area contributed by atoms with Gasteiger partial charge in [0.1, 0.15) is 5.75 Å². The summed E-state index contributed by atoms with van der Waals surface area (Å²) in [6.45, 7) is -0.215. The number of hydrogen-bond acceptors (Lipinski definition) is 7. The molecule has 0 aliphatic carbocycles.